The van der Waals surface area contributed by atoms with E-state index in [0.717, 1.165) is 13.8 Å². The van der Waals surface area contributed by atoms with Gasteiger partial charge < -0.3 is 24.1 Å². The van der Waals surface area contributed by atoms with E-state index < -0.39 is 48.3 Å². The summed E-state index contributed by atoms with van der Waals surface area (Å²) in [5.74, 6) is -1.91. The minimum absolute atomic E-state index is 0.269. The van der Waals surface area contributed by atoms with Gasteiger partial charge in [0.15, 0.2) is 12.2 Å². The maximum atomic E-state index is 11.1. The molecule has 1 N–H and O–H groups in total. The minimum atomic E-state index is -1.36. The van der Waals surface area contributed by atoms with Gasteiger partial charge in [0, 0.05) is 20.8 Å². The van der Waals surface area contributed by atoms with Crippen molar-refractivity contribution < 1.29 is 38.4 Å². The molecular weight excluding hydrogens is 283 g/mol. The maximum absolute atomic E-state index is 11.1. The molecule has 9 heteroatoms. The van der Waals surface area contributed by atoms with Crippen LogP contribution in [-0.4, -0.2) is 67.9 Å². The molecule has 116 valence electrons. The summed E-state index contributed by atoms with van der Waals surface area (Å²) < 4.78 is 19.9. The zero-order chi connectivity index (χ0) is 16.2. The molecule has 5 atom stereocenters. The summed E-state index contributed by atoms with van der Waals surface area (Å²) >= 11 is 0. The van der Waals surface area contributed by atoms with Gasteiger partial charge in [-0.05, 0) is 0 Å². The number of hydrogen-bond acceptors (Lipinski definition) is 8. The zero-order valence-electron chi connectivity index (χ0n) is 12.0. The normalized spacial score (nSPS) is 32.1. The molecule has 1 fully saturated rings. The third-order valence-electron chi connectivity index (χ3n) is 2.75. The van der Waals surface area contributed by atoms with Crippen LogP contribution >= 0.6 is 0 Å². The van der Waals surface area contributed by atoms with Gasteiger partial charge in [-0.2, -0.15) is 0 Å². The average molecular weight is 300 g/mol. The van der Waals surface area contributed by atoms with Gasteiger partial charge in [0.2, 0.25) is 0 Å². The summed E-state index contributed by atoms with van der Waals surface area (Å²) in [5.41, 5.74) is 0. The zero-order valence-corrected chi connectivity index (χ0v) is 12.0. The Kier molecular flexibility index (Phi) is 6.16. The van der Waals surface area contributed by atoms with E-state index in [9.17, 15) is 19.5 Å². The highest BCUT2D eigenvalue weighted by Gasteiger charge is 2.47. The van der Waals surface area contributed by atoms with Gasteiger partial charge >= 0.3 is 17.9 Å². The SMILES string of the molecule is [B]C1OC(COC(C)=O)C(O)C(OC(C)=O)C1OC(C)=O. The number of carbonyl (C=O) groups is 3. The number of aliphatic hydroxyl groups excluding tert-OH is 1. The van der Waals surface area contributed by atoms with Gasteiger partial charge in [-0.1, -0.05) is 0 Å². The molecule has 0 bridgehead atoms. The summed E-state index contributed by atoms with van der Waals surface area (Å²) in [6.07, 6.45) is -4.73. The van der Waals surface area contributed by atoms with Crippen LogP contribution in [-0.2, 0) is 33.3 Å². The molecular formula is C12H17BO8. The topological polar surface area (TPSA) is 108 Å². The van der Waals surface area contributed by atoms with E-state index in [-0.39, 0.29) is 6.61 Å². The number of ether oxygens (including phenoxy) is 4. The standard InChI is InChI=1S/C12H17BO8/c1-5(14)18-4-8-9(17)10(19-6(2)15)11(12(13)21-8)20-7(3)16/h8-12,17H,4H2,1-3H3. The lowest BCUT2D eigenvalue weighted by molar-refractivity contribution is -0.231. The molecule has 0 aromatic rings. The van der Waals surface area contributed by atoms with Gasteiger partial charge in [0.05, 0.1) is 6.00 Å². The minimum Gasteiger partial charge on any atom is -0.463 e. The van der Waals surface area contributed by atoms with Crippen molar-refractivity contribution >= 4 is 25.8 Å². The summed E-state index contributed by atoms with van der Waals surface area (Å²) in [7, 11) is 5.71. The number of carbonyl (C=O) groups excluding carboxylic acids is 3. The number of aliphatic hydroxyl groups is 1. The summed E-state index contributed by atoms with van der Waals surface area (Å²) in [5, 5.41) is 10.2. The average Bonchev–Trinajstić information content (AvgIpc) is 2.35. The van der Waals surface area contributed by atoms with Crippen molar-refractivity contribution in [1.82, 2.24) is 0 Å². The molecule has 2 radical (unpaired) electrons. The molecule has 0 aliphatic carbocycles. The van der Waals surface area contributed by atoms with Crippen molar-refractivity contribution in [2.75, 3.05) is 6.61 Å². The summed E-state index contributed by atoms with van der Waals surface area (Å²) in [6.45, 7) is 3.21. The molecule has 0 aromatic carbocycles. The summed E-state index contributed by atoms with van der Waals surface area (Å²) in [4.78, 5) is 33.0. The van der Waals surface area contributed by atoms with E-state index in [0.29, 0.717) is 0 Å². The molecule has 1 aliphatic heterocycles. The lowest BCUT2D eigenvalue weighted by Crippen LogP contribution is -2.61. The fourth-order valence-corrected chi connectivity index (χ4v) is 1.94. The van der Waals surface area contributed by atoms with E-state index in [4.69, 9.17) is 26.8 Å². The van der Waals surface area contributed by atoms with Crippen molar-refractivity contribution in [3.8, 4) is 0 Å². The highest BCUT2D eigenvalue weighted by atomic mass is 16.6. The van der Waals surface area contributed by atoms with Crippen LogP contribution in [0.15, 0.2) is 0 Å². The monoisotopic (exact) mass is 300 g/mol. The first-order valence-corrected chi connectivity index (χ1v) is 6.29. The molecule has 0 aromatic heterocycles. The first-order valence-electron chi connectivity index (χ1n) is 6.29. The van der Waals surface area contributed by atoms with Crippen LogP contribution in [0, 0.1) is 0 Å². The van der Waals surface area contributed by atoms with Crippen molar-refractivity contribution in [1.29, 1.82) is 0 Å². The van der Waals surface area contributed by atoms with E-state index in [1.165, 1.54) is 6.92 Å². The highest BCUT2D eigenvalue weighted by molar-refractivity contribution is 6.11. The van der Waals surface area contributed by atoms with E-state index in [2.05, 4.69) is 0 Å². The van der Waals surface area contributed by atoms with E-state index in [1.54, 1.807) is 0 Å². The maximum Gasteiger partial charge on any atom is 0.303 e. The third-order valence-corrected chi connectivity index (χ3v) is 2.75. The number of esters is 3. The predicted octanol–water partition coefficient (Wildman–Crippen LogP) is -1.33. The van der Waals surface area contributed by atoms with Gasteiger partial charge in [-0.15, -0.1) is 0 Å². The molecule has 21 heavy (non-hydrogen) atoms. The van der Waals surface area contributed by atoms with Crippen LogP contribution in [0.5, 0.6) is 0 Å². The van der Waals surface area contributed by atoms with Crippen LogP contribution in [0.4, 0.5) is 0 Å². The molecule has 0 amide bonds. The second-order valence-electron chi connectivity index (χ2n) is 4.58. The molecule has 0 spiro atoms. The second kappa shape index (κ2) is 7.42. The number of rotatable bonds is 4. The van der Waals surface area contributed by atoms with Crippen molar-refractivity contribution in [2.24, 2.45) is 0 Å². The largest absolute Gasteiger partial charge is 0.463 e. The fraction of sp³-hybridized carbons (Fsp3) is 0.750. The van der Waals surface area contributed by atoms with Gasteiger partial charge in [-0.25, -0.2) is 0 Å². The first-order chi connectivity index (χ1) is 9.72. The van der Waals surface area contributed by atoms with E-state index >= 15 is 0 Å². The first kappa shape index (κ1) is 17.4. The summed E-state index contributed by atoms with van der Waals surface area (Å²) in [6, 6.07) is -1.14. The lowest BCUT2D eigenvalue weighted by atomic mass is 9.84. The Balaban J connectivity index is 2.87. The molecule has 1 saturated heterocycles. The van der Waals surface area contributed by atoms with Crippen LogP contribution in [0.1, 0.15) is 20.8 Å². The van der Waals surface area contributed by atoms with Crippen molar-refractivity contribution in [3.05, 3.63) is 0 Å². The molecule has 1 rings (SSSR count). The van der Waals surface area contributed by atoms with E-state index in [1.807, 2.05) is 0 Å². The Morgan fingerprint density at radius 1 is 1.05 bits per heavy atom. The van der Waals surface area contributed by atoms with Crippen LogP contribution in [0.25, 0.3) is 0 Å². The quantitative estimate of drug-likeness (QED) is 0.386. The lowest BCUT2D eigenvalue weighted by Gasteiger charge is -2.42. The third kappa shape index (κ3) is 5.02. The Bertz CT molecular complexity index is 412. The van der Waals surface area contributed by atoms with Crippen molar-refractivity contribution in [2.45, 2.75) is 51.2 Å². The van der Waals surface area contributed by atoms with Gasteiger partial charge in [0.25, 0.3) is 0 Å². The molecule has 5 unspecified atom stereocenters. The molecule has 8 nitrogen and oxygen atoms in total. The van der Waals surface area contributed by atoms with Crippen LogP contribution in [0.2, 0.25) is 0 Å². The van der Waals surface area contributed by atoms with Crippen molar-refractivity contribution in [3.63, 3.8) is 0 Å². The van der Waals surface area contributed by atoms with Gasteiger partial charge in [-0.3, -0.25) is 14.4 Å². The predicted molar refractivity (Wildman–Crippen MR) is 68.2 cm³/mol. The second-order valence-corrected chi connectivity index (χ2v) is 4.58. The molecule has 0 saturated carbocycles. The van der Waals surface area contributed by atoms with Crippen LogP contribution in [0.3, 0.4) is 0 Å². The Labute approximate surface area is 123 Å². The van der Waals surface area contributed by atoms with Crippen LogP contribution < -0.4 is 0 Å². The highest BCUT2D eigenvalue weighted by Crippen LogP contribution is 2.25. The van der Waals surface area contributed by atoms with Gasteiger partial charge in [0.1, 0.15) is 26.7 Å². The molecule has 1 heterocycles. The smallest absolute Gasteiger partial charge is 0.303 e. The molecule has 1 aliphatic rings. The number of hydrogen-bond donors (Lipinski definition) is 1. The Hall–Kier alpha value is -1.61. The Morgan fingerprint density at radius 3 is 2.05 bits per heavy atom. The fourth-order valence-electron chi connectivity index (χ4n) is 1.94. The Morgan fingerprint density at radius 2 is 1.57 bits per heavy atom.